The van der Waals surface area contributed by atoms with Gasteiger partial charge in [-0.3, -0.25) is 9.69 Å². The van der Waals surface area contributed by atoms with E-state index in [1.807, 2.05) is 20.8 Å². The second kappa shape index (κ2) is 19.1. The smallest absolute Gasteiger partial charge is 0.410 e. The van der Waals surface area contributed by atoms with Crippen LogP contribution in [0.1, 0.15) is 105 Å². The van der Waals surface area contributed by atoms with Crippen LogP contribution in [0.3, 0.4) is 0 Å². The van der Waals surface area contributed by atoms with Gasteiger partial charge in [0.1, 0.15) is 6.54 Å². The maximum absolute atomic E-state index is 11.9. The van der Waals surface area contributed by atoms with E-state index < -0.39 is 6.09 Å². The van der Waals surface area contributed by atoms with Crippen LogP contribution in [0.4, 0.5) is 4.79 Å². The van der Waals surface area contributed by atoms with Gasteiger partial charge in [0.05, 0.1) is 13.2 Å². The van der Waals surface area contributed by atoms with Crippen LogP contribution < -0.4 is 0 Å². The molecule has 28 heavy (non-hydrogen) atoms. The summed E-state index contributed by atoms with van der Waals surface area (Å²) in [5.74, 6) is -0.0770. The number of esters is 1. The first-order valence-electron chi connectivity index (χ1n) is 11.6. The predicted molar refractivity (Wildman–Crippen MR) is 115 cm³/mol. The third-order valence-electron chi connectivity index (χ3n) is 4.76. The van der Waals surface area contributed by atoms with E-state index in [1.165, 1.54) is 69.1 Å². The molecule has 0 aromatic rings. The summed E-state index contributed by atoms with van der Waals surface area (Å²) < 4.78 is 10.4. The van der Waals surface area contributed by atoms with Crippen LogP contribution in [-0.4, -0.2) is 43.3 Å². The second-order valence-corrected chi connectivity index (χ2v) is 8.09. The van der Waals surface area contributed by atoms with E-state index in [4.69, 9.17) is 9.47 Å². The van der Waals surface area contributed by atoms with Crippen LogP contribution in [0.5, 0.6) is 0 Å². The van der Waals surface area contributed by atoms with E-state index in [0.29, 0.717) is 19.8 Å². The number of amides is 1. The molecule has 0 fully saturated rings. The molecule has 0 saturated heterocycles. The highest BCUT2D eigenvalue weighted by Crippen LogP contribution is 2.12. The van der Waals surface area contributed by atoms with Gasteiger partial charge in [0.2, 0.25) is 0 Å². The quantitative estimate of drug-likeness (QED) is 0.199. The third kappa shape index (κ3) is 16.9. The number of likely N-dealkylation sites (N-methyl/N-ethyl adjacent to an activating group) is 1. The molecule has 0 aliphatic rings. The number of hydrogen-bond acceptors (Lipinski definition) is 4. The molecule has 0 N–H and O–H groups in total. The van der Waals surface area contributed by atoms with E-state index in [1.54, 1.807) is 0 Å². The lowest BCUT2D eigenvalue weighted by atomic mass is 10.1. The Kier molecular flexibility index (Phi) is 18.2. The molecule has 0 aliphatic carbocycles. The summed E-state index contributed by atoms with van der Waals surface area (Å²) in [5.41, 5.74) is 0. The first-order valence-corrected chi connectivity index (χ1v) is 11.6. The summed E-state index contributed by atoms with van der Waals surface area (Å²) in [6.07, 6.45) is 14.9. The summed E-state index contributed by atoms with van der Waals surface area (Å²) in [6, 6.07) is 0. The van der Waals surface area contributed by atoms with Crippen molar-refractivity contribution in [2.24, 2.45) is 5.92 Å². The normalized spacial score (nSPS) is 10.9. The Bertz CT molecular complexity index is 385. The van der Waals surface area contributed by atoms with Crippen molar-refractivity contribution in [1.82, 2.24) is 4.90 Å². The topological polar surface area (TPSA) is 55.8 Å². The molecule has 0 spiro atoms. The number of nitrogens with zero attached hydrogens (tertiary/aromatic N) is 1. The van der Waals surface area contributed by atoms with E-state index in [0.717, 1.165) is 12.8 Å². The molecule has 5 nitrogen and oxygen atoms in total. The maximum Gasteiger partial charge on any atom is 0.410 e. The number of unbranched alkanes of at least 4 members (excludes halogenated alkanes) is 11. The van der Waals surface area contributed by atoms with E-state index >= 15 is 0 Å². The number of hydrogen-bond donors (Lipinski definition) is 0. The van der Waals surface area contributed by atoms with Crippen molar-refractivity contribution in [1.29, 1.82) is 0 Å². The molecule has 1 amide bonds. The Labute approximate surface area is 173 Å². The lowest BCUT2D eigenvalue weighted by molar-refractivity contribution is -0.144. The van der Waals surface area contributed by atoms with Gasteiger partial charge < -0.3 is 9.47 Å². The van der Waals surface area contributed by atoms with Crippen LogP contribution in [0.2, 0.25) is 0 Å². The van der Waals surface area contributed by atoms with Crippen molar-refractivity contribution in [3.63, 3.8) is 0 Å². The molecule has 0 saturated carbocycles. The van der Waals surface area contributed by atoms with Crippen LogP contribution in [0, 0.1) is 5.92 Å². The molecule has 166 valence electrons. The highest BCUT2D eigenvalue weighted by Gasteiger charge is 2.17. The lowest BCUT2D eigenvalue weighted by Gasteiger charge is -2.20. The van der Waals surface area contributed by atoms with Crippen molar-refractivity contribution in [2.45, 2.75) is 105 Å². The highest BCUT2D eigenvalue weighted by molar-refractivity contribution is 5.78. The summed E-state index contributed by atoms with van der Waals surface area (Å²) >= 11 is 0. The zero-order valence-corrected chi connectivity index (χ0v) is 19.0. The van der Waals surface area contributed by atoms with Crippen LogP contribution in [-0.2, 0) is 14.3 Å². The lowest BCUT2D eigenvalue weighted by Crippen LogP contribution is -2.37. The van der Waals surface area contributed by atoms with Gasteiger partial charge in [0, 0.05) is 6.54 Å². The zero-order chi connectivity index (χ0) is 21.0. The van der Waals surface area contributed by atoms with E-state index in [-0.39, 0.29) is 18.4 Å². The van der Waals surface area contributed by atoms with Crippen LogP contribution >= 0.6 is 0 Å². The van der Waals surface area contributed by atoms with Gasteiger partial charge in [-0.25, -0.2) is 4.79 Å². The summed E-state index contributed by atoms with van der Waals surface area (Å²) in [6.45, 7) is 9.24. The second-order valence-electron chi connectivity index (χ2n) is 8.09. The van der Waals surface area contributed by atoms with Gasteiger partial charge in [-0.2, -0.15) is 0 Å². The predicted octanol–water partition coefficient (Wildman–Crippen LogP) is 6.35. The molecular formula is C23H45NO4. The fourth-order valence-corrected chi connectivity index (χ4v) is 2.97. The van der Waals surface area contributed by atoms with Crippen molar-refractivity contribution in [2.75, 3.05) is 26.3 Å². The van der Waals surface area contributed by atoms with Gasteiger partial charge in [0.15, 0.2) is 0 Å². The first-order chi connectivity index (χ1) is 13.5. The molecule has 0 bridgehead atoms. The Balaban J connectivity index is 3.54. The third-order valence-corrected chi connectivity index (χ3v) is 4.76. The molecule has 0 unspecified atom stereocenters. The molecule has 0 aromatic carbocycles. The fraction of sp³-hybridized carbons (Fsp3) is 0.913. The highest BCUT2D eigenvalue weighted by atomic mass is 16.6. The van der Waals surface area contributed by atoms with Gasteiger partial charge in [-0.15, -0.1) is 0 Å². The van der Waals surface area contributed by atoms with Crippen molar-refractivity contribution in [3.8, 4) is 0 Å². The Morgan fingerprint density at radius 2 is 1.25 bits per heavy atom. The Hall–Kier alpha value is -1.26. The standard InChI is InChI=1S/C23H45NO4/c1-5-7-8-9-10-11-12-13-14-15-16-17-18-27-22(25)19-24(6-2)23(26)28-20-21(3)4/h21H,5-20H2,1-4H3. The number of carbonyl (C=O) groups excluding carboxylic acids is 2. The molecule has 0 aromatic heterocycles. The van der Waals surface area contributed by atoms with Crippen molar-refractivity contribution >= 4 is 12.1 Å². The fourth-order valence-electron chi connectivity index (χ4n) is 2.97. The number of carbonyl (C=O) groups is 2. The van der Waals surface area contributed by atoms with Gasteiger partial charge in [-0.05, 0) is 19.3 Å². The van der Waals surface area contributed by atoms with Gasteiger partial charge in [-0.1, -0.05) is 91.4 Å². The molecule has 0 rings (SSSR count). The molecule has 0 atom stereocenters. The number of ether oxygens (including phenoxy) is 2. The summed E-state index contributed by atoms with van der Waals surface area (Å²) in [7, 11) is 0. The summed E-state index contributed by atoms with van der Waals surface area (Å²) in [5, 5.41) is 0. The zero-order valence-electron chi connectivity index (χ0n) is 19.0. The minimum Gasteiger partial charge on any atom is -0.464 e. The molecule has 5 heteroatoms. The minimum atomic E-state index is -0.446. The minimum absolute atomic E-state index is 0.0360. The molecule has 0 radical (unpaired) electrons. The van der Waals surface area contributed by atoms with Crippen molar-refractivity contribution < 1.29 is 19.1 Å². The van der Waals surface area contributed by atoms with Crippen molar-refractivity contribution in [3.05, 3.63) is 0 Å². The molecular weight excluding hydrogens is 354 g/mol. The average Bonchev–Trinajstić information content (AvgIpc) is 2.67. The number of rotatable bonds is 18. The maximum atomic E-state index is 11.9. The van der Waals surface area contributed by atoms with E-state index in [9.17, 15) is 9.59 Å². The van der Waals surface area contributed by atoms with E-state index in [2.05, 4.69) is 6.92 Å². The monoisotopic (exact) mass is 399 g/mol. The molecule has 0 aliphatic heterocycles. The first kappa shape index (κ1) is 26.7. The van der Waals surface area contributed by atoms with Crippen LogP contribution in [0.25, 0.3) is 0 Å². The summed E-state index contributed by atoms with van der Waals surface area (Å²) in [4.78, 5) is 25.2. The average molecular weight is 400 g/mol. The van der Waals surface area contributed by atoms with Gasteiger partial charge in [0.25, 0.3) is 0 Å². The van der Waals surface area contributed by atoms with Crippen LogP contribution in [0.15, 0.2) is 0 Å². The molecule has 0 heterocycles. The SMILES string of the molecule is CCCCCCCCCCCCCCOC(=O)CN(CC)C(=O)OCC(C)C. The Morgan fingerprint density at radius 3 is 1.71 bits per heavy atom. The Morgan fingerprint density at radius 1 is 0.750 bits per heavy atom. The van der Waals surface area contributed by atoms with Gasteiger partial charge >= 0.3 is 12.1 Å². The largest absolute Gasteiger partial charge is 0.464 e.